The Bertz CT molecular complexity index is 180. The first-order valence-electron chi connectivity index (χ1n) is 7.83. The van der Waals surface area contributed by atoms with Crippen LogP contribution in [-0.4, -0.2) is 12.6 Å². The smallest absolute Gasteiger partial charge is 0.00104 e. The van der Waals surface area contributed by atoms with Gasteiger partial charge in [0.1, 0.15) is 0 Å². The van der Waals surface area contributed by atoms with E-state index < -0.39 is 0 Å². The molecule has 0 heterocycles. The second kappa shape index (κ2) is 8.13. The minimum atomic E-state index is 0.643. The second-order valence-corrected chi connectivity index (χ2v) is 6.69. The molecule has 102 valence electrons. The van der Waals surface area contributed by atoms with Crippen LogP contribution in [0.2, 0.25) is 0 Å². The maximum Gasteiger partial charge on any atom is 0.00104 e. The molecular formula is C16H33N. The van der Waals surface area contributed by atoms with Crippen molar-refractivity contribution >= 4 is 0 Å². The van der Waals surface area contributed by atoms with Crippen molar-refractivity contribution in [2.24, 2.45) is 17.8 Å². The average molecular weight is 239 g/mol. The SMILES string of the molecule is CC(C)CCCC(CNC(C)C)C1CCCC1. The molecule has 1 rings (SSSR count). The zero-order chi connectivity index (χ0) is 12.7. The minimum absolute atomic E-state index is 0.643. The van der Waals surface area contributed by atoms with Crippen molar-refractivity contribution in [3.63, 3.8) is 0 Å². The average Bonchev–Trinajstić information content (AvgIpc) is 2.75. The van der Waals surface area contributed by atoms with E-state index in [0.717, 1.165) is 17.8 Å². The predicted octanol–water partition coefficient (Wildman–Crippen LogP) is 4.62. The van der Waals surface area contributed by atoms with Gasteiger partial charge in [-0.2, -0.15) is 0 Å². The maximum atomic E-state index is 3.66. The van der Waals surface area contributed by atoms with Crippen LogP contribution in [0.15, 0.2) is 0 Å². The van der Waals surface area contributed by atoms with Gasteiger partial charge >= 0.3 is 0 Å². The van der Waals surface area contributed by atoms with E-state index in [1.807, 2.05) is 0 Å². The van der Waals surface area contributed by atoms with Crippen molar-refractivity contribution in [3.8, 4) is 0 Å². The molecule has 0 aromatic carbocycles. The van der Waals surface area contributed by atoms with Crippen LogP contribution in [0.5, 0.6) is 0 Å². The highest BCUT2D eigenvalue weighted by Crippen LogP contribution is 2.34. The number of rotatable bonds is 8. The normalized spacial score (nSPS) is 19.4. The number of hydrogen-bond donors (Lipinski definition) is 1. The van der Waals surface area contributed by atoms with Crippen molar-refractivity contribution in [1.29, 1.82) is 0 Å². The molecule has 0 aliphatic heterocycles. The van der Waals surface area contributed by atoms with Gasteiger partial charge in [-0.15, -0.1) is 0 Å². The molecule has 1 N–H and O–H groups in total. The Morgan fingerprint density at radius 3 is 2.18 bits per heavy atom. The summed E-state index contributed by atoms with van der Waals surface area (Å²) in [6.45, 7) is 10.5. The van der Waals surface area contributed by atoms with E-state index in [2.05, 4.69) is 33.0 Å². The van der Waals surface area contributed by atoms with Gasteiger partial charge in [0.05, 0.1) is 0 Å². The summed E-state index contributed by atoms with van der Waals surface area (Å²) >= 11 is 0. The summed E-state index contributed by atoms with van der Waals surface area (Å²) in [5.74, 6) is 2.84. The summed E-state index contributed by atoms with van der Waals surface area (Å²) in [7, 11) is 0. The fraction of sp³-hybridized carbons (Fsp3) is 1.00. The summed E-state index contributed by atoms with van der Waals surface area (Å²) in [4.78, 5) is 0. The van der Waals surface area contributed by atoms with Gasteiger partial charge in [0.15, 0.2) is 0 Å². The third-order valence-electron chi connectivity index (χ3n) is 4.21. The van der Waals surface area contributed by atoms with E-state index in [-0.39, 0.29) is 0 Å². The molecule has 0 radical (unpaired) electrons. The first-order valence-corrected chi connectivity index (χ1v) is 7.83. The van der Waals surface area contributed by atoms with E-state index in [1.54, 1.807) is 0 Å². The Labute approximate surface area is 109 Å². The topological polar surface area (TPSA) is 12.0 Å². The van der Waals surface area contributed by atoms with Crippen LogP contribution in [0.1, 0.15) is 72.6 Å². The third kappa shape index (κ3) is 6.45. The van der Waals surface area contributed by atoms with Crippen LogP contribution in [-0.2, 0) is 0 Å². The second-order valence-electron chi connectivity index (χ2n) is 6.69. The van der Waals surface area contributed by atoms with Crippen LogP contribution in [0.3, 0.4) is 0 Å². The van der Waals surface area contributed by atoms with Gasteiger partial charge in [-0.1, -0.05) is 66.2 Å². The van der Waals surface area contributed by atoms with Gasteiger partial charge in [0, 0.05) is 6.04 Å². The zero-order valence-corrected chi connectivity index (χ0v) is 12.5. The fourth-order valence-electron chi connectivity index (χ4n) is 3.11. The van der Waals surface area contributed by atoms with Crippen LogP contribution in [0.25, 0.3) is 0 Å². The molecule has 1 nitrogen and oxygen atoms in total. The van der Waals surface area contributed by atoms with Crippen molar-refractivity contribution in [2.75, 3.05) is 6.54 Å². The summed E-state index contributed by atoms with van der Waals surface area (Å²) in [6.07, 6.45) is 10.2. The lowest BCUT2D eigenvalue weighted by molar-refractivity contribution is 0.285. The van der Waals surface area contributed by atoms with E-state index >= 15 is 0 Å². The summed E-state index contributed by atoms with van der Waals surface area (Å²) in [6, 6.07) is 0.643. The molecule has 1 heteroatoms. The van der Waals surface area contributed by atoms with E-state index in [1.165, 1.54) is 51.5 Å². The van der Waals surface area contributed by atoms with Crippen molar-refractivity contribution in [2.45, 2.75) is 78.7 Å². The third-order valence-corrected chi connectivity index (χ3v) is 4.21. The van der Waals surface area contributed by atoms with Crippen LogP contribution >= 0.6 is 0 Å². The highest BCUT2D eigenvalue weighted by Gasteiger charge is 2.24. The Morgan fingerprint density at radius 2 is 1.65 bits per heavy atom. The molecule has 0 aromatic heterocycles. The quantitative estimate of drug-likeness (QED) is 0.652. The first-order chi connectivity index (χ1) is 8.09. The summed E-state index contributed by atoms with van der Waals surface area (Å²) in [5, 5.41) is 3.66. The first kappa shape index (κ1) is 15.0. The largest absolute Gasteiger partial charge is 0.314 e. The Balaban J connectivity index is 2.29. The molecule has 1 aliphatic rings. The Morgan fingerprint density at radius 1 is 1.00 bits per heavy atom. The monoisotopic (exact) mass is 239 g/mol. The minimum Gasteiger partial charge on any atom is -0.314 e. The van der Waals surface area contributed by atoms with Gasteiger partial charge in [-0.25, -0.2) is 0 Å². The molecule has 1 saturated carbocycles. The molecule has 1 aliphatic carbocycles. The maximum absolute atomic E-state index is 3.66. The molecule has 0 bridgehead atoms. The lowest BCUT2D eigenvalue weighted by Gasteiger charge is -2.25. The lowest BCUT2D eigenvalue weighted by Crippen LogP contribution is -2.32. The molecule has 17 heavy (non-hydrogen) atoms. The fourth-order valence-corrected chi connectivity index (χ4v) is 3.11. The number of nitrogens with one attached hydrogen (secondary N) is 1. The van der Waals surface area contributed by atoms with Crippen LogP contribution in [0, 0.1) is 17.8 Å². The van der Waals surface area contributed by atoms with Gasteiger partial charge in [0.25, 0.3) is 0 Å². The molecule has 1 atom stereocenters. The van der Waals surface area contributed by atoms with Gasteiger partial charge < -0.3 is 5.32 Å². The molecule has 0 saturated heterocycles. The van der Waals surface area contributed by atoms with Crippen LogP contribution < -0.4 is 5.32 Å². The molecule has 0 spiro atoms. The Kier molecular flexibility index (Phi) is 7.18. The van der Waals surface area contributed by atoms with Crippen molar-refractivity contribution in [3.05, 3.63) is 0 Å². The van der Waals surface area contributed by atoms with E-state index in [4.69, 9.17) is 0 Å². The van der Waals surface area contributed by atoms with Gasteiger partial charge in [0.2, 0.25) is 0 Å². The standard InChI is InChI=1S/C16H33N/c1-13(2)8-7-11-16(12-17-14(3)4)15-9-5-6-10-15/h13-17H,5-12H2,1-4H3. The van der Waals surface area contributed by atoms with Crippen molar-refractivity contribution < 1.29 is 0 Å². The van der Waals surface area contributed by atoms with Gasteiger partial charge in [-0.3, -0.25) is 0 Å². The predicted molar refractivity (Wildman–Crippen MR) is 77.3 cm³/mol. The summed E-state index contributed by atoms with van der Waals surface area (Å²) < 4.78 is 0. The summed E-state index contributed by atoms with van der Waals surface area (Å²) in [5.41, 5.74) is 0. The van der Waals surface area contributed by atoms with E-state index in [9.17, 15) is 0 Å². The van der Waals surface area contributed by atoms with Crippen molar-refractivity contribution in [1.82, 2.24) is 5.32 Å². The molecule has 0 amide bonds. The molecule has 1 fully saturated rings. The highest BCUT2D eigenvalue weighted by molar-refractivity contribution is 4.77. The van der Waals surface area contributed by atoms with E-state index in [0.29, 0.717) is 6.04 Å². The molecule has 1 unspecified atom stereocenters. The zero-order valence-electron chi connectivity index (χ0n) is 12.5. The molecule has 0 aromatic rings. The van der Waals surface area contributed by atoms with Gasteiger partial charge in [-0.05, 0) is 30.7 Å². The lowest BCUT2D eigenvalue weighted by atomic mass is 9.85. The molecular weight excluding hydrogens is 206 g/mol. The van der Waals surface area contributed by atoms with Crippen LogP contribution in [0.4, 0.5) is 0 Å². The Hall–Kier alpha value is -0.0400. The highest BCUT2D eigenvalue weighted by atomic mass is 14.9. The number of hydrogen-bond acceptors (Lipinski definition) is 1.